The van der Waals surface area contributed by atoms with Gasteiger partial charge in [-0.05, 0) is 24.1 Å². The lowest BCUT2D eigenvalue weighted by molar-refractivity contribution is 0.475. The number of aromatic hydroxyl groups is 1. The summed E-state index contributed by atoms with van der Waals surface area (Å²) in [6.45, 7) is 1.94. The minimum absolute atomic E-state index is 0.0907. The number of benzene rings is 1. The molecule has 1 aromatic rings. The molecule has 0 atom stereocenters. The summed E-state index contributed by atoms with van der Waals surface area (Å²) in [7, 11) is 0. The van der Waals surface area contributed by atoms with E-state index in [2.05, 4.69) is 0 Å². The monoisotopic (exact) mass is 190 g/mol. The lowest BCUT2D eigenvalue weighted by atomic mass is 10.1. The van der Waals surface area contributed by atoms with Crippen molar-refractivity contribution >= 4 is 23.2 Å². The van der Waals surface area contributed by atoms with Crippen molar-refractivity contribution in [3.8, 4) is 5.75 Å². The number of rotatable bonds is 1. The Morgan fingerprint density at radius 3 is 2.45 bits per heavy atom. The van der Waals surface area contributed by atoms with E-state index >= 15 is 0 Å². The molecule has 0 aliphatic rings. The number of phenolic OH excluding ortho intramolecular Hbond substituents is 1. The Labute approximate surface area is 75.6 Å². The van der Waals surface area contributed by atoms with Crippen molar-refractivity contribution in [2.75, 3.05) is 0 Å². The average Bonchev–Trinajstić information content (AvgIpc) is 1.99. The topological polar surface area (TPSA) is 20.2 Å². The summed E-state index contributed by atoms with van der Waals surface area (Å²) in [6.07, 6.45) is 0.728. The van der Waals surface area contributed by atoms with Gasteiger partial charge in [0, 0.05) is 5.02 Å². The van der Waals surface area contributed by atoms with E-state index in [-0.39, 0.29) is 5.75 Å². The Hall–Kier alpha value is -0.400. The van der Waals surface area contributed by atoms with Crippen LogP contribution in [0.4, 0.5) is 0 Å². The van der Waals surface area contributed by atoms with E-state index < -0.39 is 0 Å². The van der Waals surface area contributed by atoms with Gasteiger partial charge in [-0.25, -0.2) is 0 Å². The van der Waals surface area contributed by atoms with Crippen LogP contribution in [-0.4, -0.2) is 5.11 Å². The van der Waals surface area contributed by atoms with Crippen LogP contribution in [-0.2, 0) is 6.42 Å². The zero-order valence-electron chi connectivity index (χ0n) is 6.06. The van der Waals surface area contributed by atoms with Crippen molar-refractivity contribution in [2.24, 2.45) is 0 Å². The minimum atomic E-state index is 0.0907. The first-order valence-corrected chi connectivity index (χ1v) is 4.08. The molecule has 0 aromatic heterocycles. The number of hydrogen-bond donors (Lipinski definition) is 1. The normalized spacial score (nSPS) is 10.1. The third-order valence-electron chi connectivity index (χ3n) is 1.52. The maximum Gasteiger partial charge on any atom is 0.134 e. The van der Waals surface area contributed by atoms with Gasteiger partial charge in [-0.1, -0.05) is 30.1 Å². The fourth-order valence-corrected chi connectivity index (χ4v) is 1.55. The largest absolute Gasteiger partial charge is 0.506 e. The fraction of sp³-hybridized carbons (Fsp3) is 0.250. The molecule has 0 amide bonds. The highest BCUT2D eigenvalue weighted by Crippen LogP contribution is 2.32. The summed E-state index contributed by atoms with van der Waals surface area (Å²) in [5.74, 6) is 0.0907. The summed E-state index contributed by atoms with van der Waals surface area (Å²) in [5.41, 5.74) is 0.799. The molecule has 0 saturated carbocycles. The van der Waals surface area contributed by atoms with E-state index in [1.54, 1.807) is 6.07 Å². The standard InChI is InChI=1S/C8H8Cl2O/c1-2-5-6(9)3-4-7(11)8(5)10/h3-4,11H,2H2,1H3. The van der Waals surface area contributed by atoms with Crippen LogP contribution in [0.5, 0.6) is 5.75 Å². The summed E-state index contributed by atoms with van der Waals surface area (Å²) in [4.78, 5) is 0. The van der Waals surface area contributed by atoms with Gasteiger partial charge in [0.2, 0.25) is 0 Å². The van der Waals surface area contributed by atoms with Crippen LogP contribution in [0.15, 0.2) is 12.1 Å². The second-order valence-corrected chi connectivity index (χ2v) is 3.00. The molecule has 0 bridgehead atoms. The van der Waals surface area contributed by atoms with E-state index in [0.29, 0.717) is 10.0 Å². The summed E-state index contributed by atoms with van der Waals surface area (Å²) in [5, 5.41) is 10.1. The molecule has 60 valence electrons. The summed E-state index contributed by atoms with van der Waals surface area (Å²) >= 11 is 11.6. The smallest absolute Gasteiger partial charge is 0.134 e. The predicted octanol–water partition coefficient (Wildman–Crippen LogP) is 3.26. The number of hydrogen-bond acceptors (Lipinski definition) is 1. The van der Waals surface area contributed by atoms with E-state index in [4.69, 9.17) is 28.3 Å². The summed E-state index contributed by atoms with van der Waals surface area (Å²) < 4.78 is 0. The summed E-state index contributed by atoms with van der Waals surface area (Å²) in [6, 6.07) is 3.13. The van der Waals surface area contributed by atoms with Gasteiger partial charge in [0.15, 0.2) is 0 Å². The van der Waals surface area contributed by atoms with Crippen LogP contribution in [0.1, 0.15) is 12.5 Å². The fourth-order valence-electron chi connectivity index (χ4n) is 0.909. The van der Waals surface area contributed by atoms with Crippen LogP contribution < -0.4 is 0 Å². The van der Waals surface area contributed by atoms with E-state index in [1.165, 1.54) is 6.07 Å². The molecular weight excluding hydrogens is 183 g/mol. The second-order valence-electron chi connectivity index (χ2n) is 2.21. The first kappa shape index (κ1) is 8.69. The van der Waals surface area contributed by atoms with Crippen LogP contribution in [0.3, 0.4) is 0 Å². The van der Waals surface area contributed by atoms with E-state index in [1.807, 2.05) is 6.92 Å². The van der Waals surface area contributed by atoms with E-state index in [0.717, 1.165) is 12.0 Å². The molecule has 11 heavy (non-hydrogen) atoms. The lowest BCUT2D eigenvalue weighted by Crippen LogP contribution is -1.83. The Bertz CT molecular complexity index is 271. The molecule has 0 radical (unpaired) electrons. The quantitative estimate of drug-likeness (QED) is 0.722. The Balaban J connectivity index is 3.29. The van der Waals surface area contributed by atoms with Crippen LogP contribution in [0.2, 0.25) is 10.0 Å². The molecule has 0 spiro atoms. The van der Waals surface area contributed by atoms with Crippen LogP contribution in [0, 0.1) is 0 Å². The molecule has 0 fully saturated rings. The highest BCUT2D eigenvalue weighted by atomic mass is 35.5. The van der Waals surface area contributed by atoms with Gasteiger partial charge in [0.25, 0.3) is 0 Å². The van der Waals surface area contributed by atoms with Gasteiger partial charge in [-0.3, -0.25) is 0 Å². The molecule has 3 heteroatoms. The Morgan fingerprint density at radius 1 is 1.36 bits per heavy atom. The van der Waals surface area contributed by atoms with Crippen molar-refractivity contribution in [3.63, 3.8) is 0 Å². The predicted molar refractivity (Wildman–Crippen MR) is 47.5 cm³/mol. The minimum Gasteiger partial charge on any atom is -0.506 e. The molecule has 0 aliphatic heterocycles. The van der Waals surface area contributed by atoms with Gasteiger partial charge in [-0.15, -0.1) is 0 Å². The molecule has 0 unspecified atom stereocenters. The third-order valence-corrected chi connectivity index (χ3v) is 2.30. The van der Waals surface area contributed by atoms with Gasteiger partial charge in [-0.2, -0.15) is 0 Å². The highest BCUT2D eigenvalue weighted by molar-refractivity contribution is 6.36. The second kappa shape index (κ2) is 3.33. The first-order chi connectivity index (χ1) is 5.16. The van der Waals surface area contributed by atoms with E-state index in [9.17, 15) is 0 Å². The van der Waals surface area contributed by atoms with Crippen molar-refractivity contribution in [3.05, 3.63) is 27.7 Å². The molecule has 1 aromatic carbocycles. The molecule has 1 nitrogen and oxygen atoms in total. The zero-order chi connectivity index (χ0) is 8.43. The zero-order valence-corrected chi connectivity index (χ0v) is 7.58. The molecule has 0 saturated heterocycles. The average molecular weight is 191 g/mol. The Morgan fingerprint density at radius 2 is 2.00 bits per heavy atom. The molecule has 0 heterocycles. The maximum atomic E-state index is 9.17. The van der Waals surface area contributed by atoms with Gasteiger partial charge >= 0.3 is 0 Å². The number of phenols is 1. The SMILES string of the molecule is CCc1c(Cl)ccc(O)c1Cl. The molecular formula is C8H8Cl2O. The van der Waals surface area contributed by atoms with Crippen molar-refractivity contribution in [1.82, 2.24) is 0 Å². The van der Waals surface area contributed by atoms with Gasteiger partial charge in [0.05, 0.1) is 5.02 Å². The molecule has 1 N–H and O–H groups in total. The van der Waals surface area contributed by atoms with Gasteiger partial charge in [0.1, 0.15) is 5.75 Å². The third kappa shape index (κ3) is 1.60. The van der Waals surface area contributed by atoms with Crippen molar-refractivity contribution in [1.29, 1.82) is 0 Å². The molecule has 1 rings (SSSR count). The van der Waals surface area contributed by atoms with Crippen LogP contribution in [0.25, 0.3) is 0 Å². The maximum absolute atomic E-state index is 9.17. The number of halogens is 2. The first-order valence-electron chi connectivity index (χ1n) is 3.32. The van der Waals surface area contributed by atoms with Crippen molar-refractivity contribution in [2.45, 2.75) is 13.3 Å². The van der Waals surface area contributed by atoms with Crippen molar-refractivity contribution < 1.29 is 5.11 Å². The Kier molecular flexibility index (Phi) is 2.63. The van der Waals surface area contributed by atoms with Crippen LogP contribution >= 0.6 is 23.2 Å². The molecule has 0 aliphatic carbocycles. The highest BCUT2D eigenvalue weighted by Gasteiger charge is 2.06. The van der Waals surface area contributed by atoms with Gasteiger partial charge < -0.3 is 5.11 Å². The lowest BCUT2D eigenvalue weighted by Gasteiger charge is -2.04.